The van der Waals surface area contributed by atoms with Crippen molar-refractivity contribution in [1.82, 2.24) is 0 Å². The number of benzene rings is 2. The molecule has 0 atom stereocenters. The molecule has 4 rings (SSSR count). The summed E-state index contributed by atoms with van der Waals surface area (Å²) in [7, 11) is -8.79. The minimum absolute atomic E-state index is 0.156. The number of unbranched alkanes of at least 4 members (excludes halogenated alkanes) is 5. The zero-order valence-corrected chi connectivity index (χ0v) is 32.2. The molecule has 0 radical (unpaired) electrons. The highest BCUT2D eigenvalue weighted by molar-refractivity contribution is 7.86. The number of likely N-dealkylation sites (N-methyl/N-ethyl adjacent to an activating group) is 1. The third-order valence-electron chi connectivity index (χ3n) is 9.89. The summed E-state index contributed by atoms with van der Waals surface area (Å²) in [6.07, 6.45) is 11.9. The van der Waals surface area contributed by atoms with E-state index in [2.05, 4.69) is 19.5 Å². The number of carbonyl (C=O) groups excluding carboxylic acids is 1. The van der Waals surface area contributed by atoms with Crippen molar-refractivity contribution in [2.45, 2.75) is 107 Å². The number of carbonyl (C=O) groups is 1. The molecule has 0 bridgehead atoms. The van der Waals surface area contributed by atoms with Crippen LogP contribution in [0.1, 0.15) is 97.1 Å². The number of fused-ring (bicyclic) bond motifs is 2. The minimum atomic E-state index is -4.42. The van der Waals surface area contributed by atoms with Crippen molar-refractivity contribution in [1.29, 1.82) is 0 Å². The van der Waals surface area contributed by atoms with Crippen LogP contribution in [-0.2, 0) is 40.6 Å². The molecule has 2 aliphatic heterocycles. The van der Waals surface area contributed by atoms with Gasteiger partial charge in [0.25, 0.3) is 20.2 Å². The normalized spacial score (nSPS) is 17.1. The highest BCUT2D eigenvalue weighted by Crippen LogP contribution is 2.48. The summed E-state index contributed by atoms with van der Waals surface area (Å²) < 4.78 is 75.0. The molecule has 2 aliphatic rings. The summed E-state index contributed by atoms with van der Waals surface area (Å²) in [5.41, 5.74) is 12.2. The van der Waals surface area contributed by atoms with E-state index in [-0.39, 0.29) is 15.8 Å². The van der Waals surface area contributed by atoms with E-state index in [0.29, 0.717) is 39.1 Å². The van der Waals surface area contributed by atoms with Crippen LogP contribution in [0.25, 0.3) is 10.4 Å². The standard InChI is InChI=1S/C37H49N5O8S2/c1-6-41-31-20-18-27(51(44,45)46)25-29(31)36(2,3)33(41)15-14-16-34-37(4,5)30-26-28(52(47,48)49)19-21-32(30)42(34)23-12-9-10-17-35(43)50-24-13-8-7-11-22-39-40-38/h14-16,18-21,25-26H,6-13,17,22-24H2,1-5H3,(H-,44,45,46,47,48,49)/p+1. The Hall–Kier alpha value is -4.01. The number of allylic oxidation sites excluding steroid dienone is 4. The molecule has 0 spiro atoms. The quantitative estimate of drug-likeness (QED) is 0.0291. The van der Waals surface area contributed by atoms with Crippen molar-refractivity contribution in [2.75, 3.05) is 31.1 Å². The van der Waals surface area contributed by atoms with Crippen LogP contribution >= 0.6 is 0 Å². The van der Waals surface area contributed by atoms with Crippen LogP contribution in [0, 0.1) is 0 Å². The predicted molar refractivity (Wildman–Crippen MR) is 201 cm³/mol. The summed E-state index contributed by atoms with van der Waals surface area (Å²) in [5, 5.41) is 3.51. The Labute approximate surface area is 307 Å². The fourth-order valence-corrected chi connectivity index (χ4v) is 8.11. The minimum Gasteiger partial charge on any atom is -0.466 e. The van der Waals surface area contributed by atoms with Gasteiger partial charge in [-0.25, -0.2) is 0 Å². The van der Waals surface area contributed by atoms with Gasteiger partial charge < -0.3 is 9.64 Å². The summed E-state index contributed by atoms with van der Waals surface area (Å²) >= 11 is 0. The molecule has 52 heavy (non-hydrogen) atoms. The lowest BCUT2D eigenvalue weighted by Crippen LogP contribution is -2.28. The SMILES string of the molecule is CCN1C(=CC=CC2=[N+](CCCCCC(=O)OCCCCCCN=[N+]=[N-])c3ccc(S(=O)(=O)O)cc3C2(C)C)C(C)(C)c2cc(S(=O)(=O)O)ccc21. The molecule has 0 aliphatic carbocycles. The zero-order chi connectivity index (χ0) is 38.3. The van der Waals surface area contributed by atoms with Crippen LogP contribution in [0.3, 0.4) is 0 Å². The molecule has 15 heteroatoms. The van der Waals surface area contributed by atoms with E-state index in [9.17, 15) is 30.7 Å². The summed E-state index contributed by atoms with van der Waals surface area (Å²) in [6.45, 7) is 12.1. The Morgan fingerprint density at radius 2 is 1.54 bits per heavy atom. The van der Waals surface area contributed by atoms with Crippen molar-refractivity contribution in [3.05, 3.63) is 81.9 Å². The molecule has 2 aromatic carbocycles. The smallest absolute Gasteiger partial charge is 0.305 e. The maximum Gasteiger partial charge on any atom is 0.305 e. The molecular weight excluding hydrogens is 707 g/mol. The first-order chi connectivity index (χ1) is 24.4. The molecule has 2 heterocycles. The monoisotopic (exact) mass is 756 g/mol. The lowest BCUT2D eigenvalue weighted by Gasteiger charge is -2.25. The van der Waals surface area contributed by atoms with Gasteiger partial charge in [0.15, 0.2) is 5.71 Å². The van der Waals surface area contributed by atoms with Gasteiger partial charge in [0.1, 0.15) is 6.54 Å². The molecule has 13 nitrogen and oxygen atoms in total. The highest BCUT2D eigenvalue weighted by Gasteiger charge is 2.45. The Bertz CT molecular complexity index is 2030. The second kappa shape index (κ2) is 16.8. The molecule has 0 fully saturated rings. The third-order valence-corrected chi connectivity index (χ3v) is 11.6. The van der Waals surface area contributed by atoms with Gasteiger partial charge in [-0.15, -0.1) is 0 Å². The van der Waals surface area contributed by atoms with Crippen LogP contribution in [0.4, 0.5) is 11.4 Å². The second-order valence-corrected chi connectivity index (χ2v) is 17.0. The zero-order valence-electron chi connectivity index (χ0n) is 30.6. The van der Waals surface area contributed by atoms with Gasteiger partial charge in [0.05, 0.1) is 21.8 Å². The number of hydrogen-bond acceptors (Lipinski definition) is 8. The number of azide groups is 1. The van der Waals surface area contributed by atoms with Crippen molar-refractivity contribution in [3.63, 3.8) is 0 Å². The molecule has 0 aromatic heterocycles. The Balaban J connectivity index is 1.51. The van der Waals surface area contributed by atoms with Crippen molar-refractivity contribution in [3.8, 4) is 0 Å². The largest absolute Gasteiger partial charge is 0.466 e. The van der Waals surface area contributed by atoms with Crippen LogP contribution < -0.4 is 4.90 Å². The summed E-state index contributed by atoms with van der Waals surface area (Å²) in [4.78, 5) is 16.8. The number of nitrogens with zero attached hydrogens (tertiary/aromatic N) is 5. The number of hydrogen-bond donors (Lipinski definition) is 2. The predicted octanol–water partition coefficient (Wildman–Crippen LogP) is 7.79. The number of esters is 1. The lowest BCUT2D eigenvalue weighted by molar-refractivity contribution is -0.438. The van der Waals surface area contributed by atoms with E-state index in [0.717, 1.165) is 72.4 Å². The topological polar surface area (TPSA) is 190 Å². The average Bonchev–Trinajstić information content (AvgIpc) is 3.42. The van der Waals surface area contributed by atoms with Crippen LogP contribution in [0.15, 0.2) is 75.2 Å². The van der Waals surface area contributed by atoms with Crippen LogP contribution in [-0.4, -0.2) is 68.4 Å². The molecule has 0 saturated heterocycles. The van der Waals surface area contributed by atoms with Gasteiger partial charge in [-0.3, -0.25) is 13.9 Å². The molecule has 2 N–H and O–H groups in total. The maximum absolute atomic E-state index is 12.3. The van der Waals surface area contributed by atoms with E-state index in [1.165, 1.54) is 24.3 Å². The summed E-state index contributed by atoms with van der Waals surface area (Å²) in [6, 6.07) is 9.29. The maximum atomic E-state index is 12.3. The Morgan fingerprint density at radius 1 is 0.904 bits per heavy atom. The fraction of sp³-hybridized carbons (Fsp3) is 0.514. The van der Waals surface area contributed by atoms with Gasteiger partial charge in [0.2, 0.25) is 5.69 Å². The van der Waals surface area contributed by atoms with Crippen LogP contribution in [0.5, 0.6) is 0 Å². The second-order valence-electron chi connectivity index (χ2n) is 14.2. The van der Waals surface area contributed by atoms with Crippen molar-refractivity contribution >= 4 is 43.3 Å². The van der Waals surface area contributed by atoms with Gasteiger partial charge >= 0.3 is 5.97 Å². The van der Waals surface area contributed by atoms with E-state index in [1.807, 2.05) is 52.8 Å². The molecular formula is C37H50N5O8S2+. The fourth-order valence-electron chi connectivity index (χ4n) is 7.10. The highest BCUT2D eigenvalue weighted by atomic mass is 32.2. The van der Waals surface area contributed by atoms with E-state index in [4.69, 9.17) is 10.3 Å². The van der Waals surface area contributed by atoms with Gasteiger partial charge in [0, 0.05) is 65.3 Å². The first-order valence-electron chi connectivity index (χ1n) is 17.7. The third kappa shape index (κ3) is 9.31. The van der Waals surface area contributed by atoms with Crippen LogP contribution in [0.2, 0.25) is 0 Å². The number of rotatable bonds is 18. The molecule has 0 unspecified atom stereocenters. The first-order valence-corrected chi connectivity index (χ1v) is 20.5. The Kier molecular flexibility index (Phi) is 13.1. The molecule has 282 valence electrons. The van der Waals surface area contributed by atoms with Gasteiger partial charge in [-0.1, -0.05) is 37.9 Å². The van der Waals surface area contributed by atoms with Crippen molar-refractivity contribution in [2.24, 2.45) is 5.11 Å². The van der Waals surface area contributed by atoms with Gasteiger partial charge in [-0.05, 0) is 94.0 Å². The van der Waals surface area contributed by atoms with E-state index < -0.39 is 31.1 Å². The number of ether oxygens (including phenoxy) is 1. The summed E-state index contributed by atoms with van der Waals surface area (Å²) in [5.74, 6) is -0.227. The Morgan fingerprint density at radius 3 is 2.19 bits per heavy atom. The first kappa shape index (κ1) is 40.8. The van der Waals surface area contributed by atoms with Crippen molar-refractivity contribution < 1.29 is 40.0 Å². The molecule has 0 saturated carbocycles. The molecule has 0 amide bonds. The van der Waals surface area contributed by atoms with Gasteiger partial charge in [-0.2, -0.15) is 21.4 Å². The molecule has 2 aromatic rings. The van der Waals surface area contributed by atoms with E-state index in [1.54, 1.807) is 12.1 Å². The lowest BCUT2D eigenvalue weighted by atomic mass is 9.81. The van der Waals surface area contributed by atoms with E-state index >= 15 is 0 Å². The number of anilines is 1. The average molecular weight is 757 g/mol.